The maximum Gasteiger partial charge on any atom is 0.345 e. The van der Waals surface area contributed by atoms with Gasteiger partial charge in [-0.2, -0.15) is 0 Å². The minimum atomic E-state index is -1.77. The Labute approximate surface area is 85.1 Å². The Kier molecular flexibility index (Phi) is 2.37. The first-order chi connectivity index (χ1) is 7.24. The van der Waals surface area contributed by atoms with Crippen molar-refractivity contribution < 1.29 is 13.9 Å². The molecule has 78 valence electrons. The highest BCUT2D eigenvalue weighted by atomic mass is 19.1. The normalized spacial score (nSPS) is 12.7. The lowest BCUT2D eigenvalue weighted by Gasteiger charge is -2.03. The van der Waals surface area contributed by atoms with Gasteiger partial charge in [0.2, 0.25) is 6.17 Å². The van der Waals surface area contributed by atoms with Crippen molar-refractivity contribution in [1.29, 1.82) is 0 Å². The number of carbonyl (C=O) groups is 1. The van der Waals surface area contributed by atoms with Crippen LogP contribution in [0.1, 0.15) is 11.7 Å². The number of aromatic nitrogens is 2. The second-order valence-electron chi connectivity index (χ2n) is 3.05. The fraction of sp³-hybridized carbons (Fsp3) is 0.200. The van der Waals surface area contributed by atoms with E-state index in [9.17, 15) is 9.18 Å². The number of alkyl halides is 1. The van der Waals surface area contributed by atoms with Gasteiger partial charge in [-0.05, 0) is 6.07 Å². The first kappa shape index (κ1) is 9.64. The summed E-state index contributed by atoms with van der Waals surface area (Å²) in [4.78, 5) is 17.8. The Hall–Kier alpha value is -1.91. The first-order valence-electron chi connectivity index (χ1n) is 4.37. The number of fused-ring (bicyclic) bond motifs is 1. The van der Waals surface area contributed by atoms with Crippen LogP contribution < -0.4 is 0 Å². The van der Waals surface area contributed by atoms with Crippen molar-refractivity contribution in [2.45, 2.75) is 6.17 Å². The van der Waals surface area contributed by atoms with E-state index in [2.05, 4.69) is 14.7 Å². The summed E-state index contributed by atoms with van der Waals surface area (Å²) in [7, 11) is 1.15. The molecule has 0 saturated heterocycles. The topological polar surface area (TPSA) is 55.0 Å². The monoisotopic (exact) mass is 208 g/mol. The zero-order chi connectivity index (χ0) is 10.8. The number of rotatable bonds is 2. The Bertz CT molecular complexity index is 495. The smallest absolute Gasteiger partial charge is 0.345 e. The van der Waals surface area contributed by atoms with Crippen LogP contribution in [0.5, 0.6) is 0 Å². The van der Waals surface area contributed by atoms with E-state index in [1.165, 1.54) is 12.4 Å². The van der Waals surface area contributed by atoms with E-state index in [1.54, 1.807) is 12.3 Å². The molecule has 0 radical (unpaired) electrons. The molecule has 4 nitrogen and oxygen atoms in total. The number of pyridine rings is 1. The van der Waals surface area contributed by atoms with Gasteiger partial charge in [-0.25, -0.2) is 9.18 Å². The number of esters is 1. The van der Waals surface area contributed by atoms with Gasteiger partial charge in [0, 0.05) is 35.1 Å². The van der Waals surface area contributed by atoms with Gasteiger partial charge in [0.15, 0.2) is 0 Å². The van der Waals surface area contributed by atoms with Crippen LogP contribution in [0.3, 0.4) is 0 Å². The van der Waals surface area contributed by atoms with Gasteiger partial charge in [0.1, 0.15) is 0 Å². The third-order valence-electron chi connectivity index (χ3n) is 2.20. The number of ether oxygens (including phenoxy) is 1. The van der Waals surface area contributed by atoms with Gasteiger partial charge in [-0.3, -0.25) is 4.98 Å². The minimum Gasteiger partial charge on any atom is -0.467 e. The van der Waals surface area contributed by atoms with Crippen molar-refractivity contribution in [3.05, 3.63) is 30.2 Å². The fourth-order valence-electron chi connectivity index (χ4n) is 1.42. The third-order valence-corrected chi connectivity index (χ3v) is 2.20. The van der Waals surface area contributed by atoms with Crippen LogP contribution in [-0.4, -0.2) is 23.0 Å². The lowest BCUT2D eigenvalue weighted by Crippen LogP contribution is -2.08. The number of aromatic amines is 1. The molecule has 2 aromatic rings. The summed E-state index contributed by atoms with van der Waals surface area (Å²) >= 11 is 0. The number of hydrogen-bond acceptors (Lipinski definition) is 3. The Morgan fingerprint density at radius 2 is 2.47 bits per heavy atom. The van der Waals surface area contributed by atoms with Crippen LogP contribution >= 0.6 is 0 Å². The summed E-state index contributed by atoms with van der Waals surface area (Å²) in [5.74, 6) is -0.903. The SMILES string of the molecule is COC(=O)C(F)c1c[nH]c2ccncc12. The van der Waals surface area contributed by atoms with Crippen molar-refractivity contribution in [2.75, 3.05) is 7.11 Å². The van der Waals surface area contributed by atoms with Crippen LogP contribution in [-0.2, 0) is 9.53 Å². The van der Waals surface area contributed by atoms with Crippen LogP contribution in [0.25, 0.3) is 10.9 Å². The Morgan fingerprint density at radius 1 is 1.67 bits per heavy atom. The molecule has 0 aliphatic carbocycles. The molecule has 0 amide bonds. The van der Waals surface area contributed by atoms with E-state index in [0.717, 1.165) is 12.6 Å². The van der Waals surface area contributed by atoms with Gasteiger partial charge in [0.25, 0.3) is 0 Å². The third kappa shape index (κ3) is 1.56. The largest absolute Gasteiger partial charge is 0.467 e. The number of methoxy groups -OCH3 is 1. The summed E-state index contributed by atoms with van der Waals surface area (Å²) in [5.41, 5.74) is 0.997. The molecule has 0 aromatic carbocycles. The maximum atomic E-state index is 13.6. The predicted molar refractivity (Wildman–Crippen MR) is 52.0 cm³/mol. The number of nitrogens with one attached hydrogen (secondary N) is 1. The second kappa shape index (κ2) is 3.68. The molecule has 0 aliphatic heterocycles. The molecule has 2 heterocycles. The Morgan fingerprint density at radius 3 is 3.20 bits per heavy atom. The van der Waals surface area contributed by atoms with Crippen molar-refractivity contribution in [3.8, 4) is 0 Å². The highest BCUT2D eigenvalue weighted by molar-refractivity contribution is 5.88. The van der Waals surface area contributed by atoms with Crippen LogP contribution in [0.4, 0.5) is 4.39 Å². The first-order valence-corrected chi connectivity index (χ1v) is 4.37. The number of nitrogens with zero attached hydrogens (tertiary/aromatic N) is 1. The minimum absolute atomic E-state index is 0.255. The molecule has 1 N–H and O–H groups in total. The zero-order valence-electron chi connectivity index (χ0n) is 8.03. The molecule has 2 aromatic heterocycles. The van der Waals surface area contributed by atoms with Gasteiger partial charge < -0.3 is 9.72 Å². The Balaban J connectivity index is 2.48. The lowest BCUT2D eigenvalue weighted by atomic mass is 10.1. The molecular weight excluding hydrogens is 199 g/mol. The molecule has 1 unspecified atom stereocenters. The average molecular weight is 208 g/mol. The quantitative estimate of drug-likeness (QED) is 0.765. The van der Waals surface area contributed by atoms with Crippen molar-refractivity contribution in [1.82, 2.24) is 9.97 Å². The van der Waals surface area contributed by atoms with Crippen molar-refractivity contribution >= 4 is 16.9 Å². The molecule has 15 heavy (non-hydrogen) atoms. The van der Waals surface area contributed by atoms with E-state index in [1.807, 2.05) is 0 Å². The van der Waals surface area contributed by atoms with E-state index in [-0.39, 0.29) is 5.56 Å². The molecular formula is C10H9FN2O2. The summed E-state index contributed by atoms with van der Waals surface area (Å²) in [6.45, 7) is 0. The number of H-pyrrole nitrogens is 1. The molecule has 0 saturated carbocycles. The number of halogens is 1. The number of carbonyl (C=O) groups excluding carboxylic acids is 1. The molecule has 0 bridgehead atoms. The summed E-state index contributed by atoms with van der Waals surface area (Å²) < 4.78 is 17.9. The molecule has 0 fully saturated rings. The molecule has 1 atom stereocenters. The molecule has 0 aliphatic rings. The predicted octanol–water partition coefficient (Wildman–Crippen LogP) is 1.75. The highest BCUT2D eigenvalue weighted by Crippen LogP contribution is 2.26. The molecule has 5 heteroatoms. The van der Waals surface area contributed by atoms with Gasteiger partial charge in [0.05, 0.1) is 7.11 Å². The number of hydrogen-bond donors (Lipinski definition) is 1. The van der Waals surface area contributed by atoms with Gasteiger partial charge in [-0.1, -0.05) is 0 Å². The van der Waals surface area contributed by atoms with Crippen LogP contribution in [0.15, 0.2) is 24.7 Å². The summed E-state index contributed by atoms with van der Waals surface area (Å²) in [6.07, 6.45) is 2.78. The summed E-state index contributed by atoms with van der Waals surface area (Å²) in [5, 5.41) is 0.593. The van der Waals surface area contributed by atoms with Gasteiger partial charge in [-0.15, -0.1) is 0 Å². The second-order valence-corrected chi connectivity index (χ2v) is 3.05. The molecule has 2 rings (SSSR count). The lowest BCUT2D eigenvalue weighted by molar-refractivity contribution is -0.146. The van der Waals surface area contributed by atoms with Crippen LogP contribution in [0, 0.1) is 0 Å². The standard InChI is InChI=1S/C10H9FN2O2/c1-15-10(14)9(11)7-5-13-8-2-3-12-4-6(7)8/h2-5,9,13H,1H3. The summed E-state index contributed by atoms with van der Waals surface area (Å²) in [6, 6.07) is 1.71. The van der Waals surface area contributed by atoms with E-state index in [4.69, 9.17) is 0 Å². The van der Waals surface area contributed by atoms with Crippen molar-refractivity contribution in [3.63, 3.8) is 0 Å². The highest BCUT2D eigenvalue weighted by Gasteiger charge is 2.23. The van der Waals surface area contributed by atoms with E-state index < -0.39 is 12.1 Å². The van der Waals surface area contributed by atoms with Gasteiger partial charge >= 0.3 is 5.97 Å². The maximum absolute atomic E-state index is 13.6. The zero-order valence-corrected chi connectivity index (χ0v) is 8.03. The van der Waals surface area contributed by atoms with E-state index >= 15 is 0 Å². The fourth-order valence-corrected chi connectivity index (χ4v) is 1.42. The molecule has 0 spiro atoms. The van der Waals surface area contributed by atoms with Crippen molar-refractivity contribution in [2.24, 2.45) is 0 Å². The van der Waals surface area contributed by atoms with Crippen LogP contribution in [0.2, 0.25) is 0 Å². The average Bonchev–Trinajstić information content (AvgIpc) is 2.70. The van der Waals surface area contributed by atoms with E-state index in [0.29, 0.717) is 5.39 Å².